The second kappa shape index (κ2) is 8.86. The average molecular weight is 329 g/mol. The molecule has 1 fully saturated rings. The largest absolute Gasteiger partial charge is 0.490 e. The Bertz CT molecular complexity index is 496. The number of likely N-dealkylation sites (tertiary alicyclic amines) is 1. The molecule has 5 nitrogen and oxygen atoms in total. The predicted molar refractivity (Wildman–Crippen MR) is 89.1 cm³/mol. The molecule has 1 amide bonds. The first kappa shape index (κ1) is 18.6. The molecule has 1 saturated heterocycles. The topological polar surface area (TPSA) is 64.8 Å². The maximum atomic E-state index is 12.4. The summed E-state index contributed by atoms with van der Waals surface area (Å²) in [5.74, 6) is 1.32. The van der Waals surface area contributed by atoms with E-state index >= 15 is 0 Å². The van der Waals surface area contributed by atoms with Crippen molar-refractivity contribution in [3.05, 3.63) is 23.8 Å². The summed E-state index contributed by atoms with van der Waals surface area (Å²) < 4.78 is 11.2. The van der Waals surface area contributed by atoms with E-state index in [-0.39, 0.29) is 24.4 Å². The highest BCUT2D eigenvalue weighted by molar-refractivity contribution is 5.95. The first-order valence-electron chi connectivity index (χ1n) is 7.60. The minimum atomic E-state index is 0. The van der Waals surface area contributed by atoms with Crippen molar-refractivity contribution in [1.82, 2.24) is 4.90 Å². The molecule has 1 atom stereocenters. The number of nitrogens with zero attached hydrogens (tertiary/aromatic N) is 1. The summed E-state index contributed by atoms with van der Waals surface area (Å²) in [5, 5.41) is 0. The van der Waals surface area contributed by atoms with Crippen molar-refractivity contribution >= 4 is 18.3 Å². The molecule has 1 aliphatic rings. The second-order valence-electron chi connectivity index (χ2n) is 5.24. The molecule has 22 heavy (non-hydrogen) atoms. The Labute approximate surface area is 138 Å². The summed E-state index contributed by atoms with van der Waals surface area (Å²) in [6.07, 6.45) is 1.79. The van der Waals surface area contributed by atoms with Crippen LogP contribution in [0.15, 0.2) is 18.2 Å². The molecule has 1 aromatic carbocycles. The van der Waals surface area contributed by atoms with Crippen LogP contribution >= 0.6 is 12.4 Å². The first-order valence-corrected chi connectivity index (χ1v) is 7.60. The third kappa shape index (κ3) is 4.52. The average Bonchev–Trinajstić information content (AvgIpc) is 2.92. The first-order chi connectivity index (χ1) is 10.2. The van der Waals surface area contributed by atoms with Crippen LogP contribution in [0.25, 0.3) is 0 Å². The molecule has 0 unspecified atom stereocenters. The van der Waals surface area contributed by atoms with E-state index in [4.69, 9.17) is 15.2 Å². The van der Waals surface area contributed by atoms with Gasteiger partial charge in [0.05, 0.1) is 13.2 Å². The van der Waals surface area contributed by atoms with Gasteiger partial charge in [-0.15, -0.1) is 12.4 Å². The van der Waals surface area contributed by atoms with Gasteiger partial charge in [0.15, 0.2) is 11.5 Å². The maximum absolute atomic E-state index is 12.4. The SMILES string of the molecule is CCCOc1ccc(C(=O)N2CC[C@@H](N)C2)cc1OCC.Cl. The number of carbonyl (C=O) groups is 1. The molecule has 0 bridgehead atoms. The highest BCUT2D eigenvalue weighted by Crippen LogP contribution is 2.29. The number of ether oxygens (including phenoxy) is 2. The van der Waals surface area contributed by atoms with Crippen LogP contribution in [-0.4, -0.2) is 43.2 Å². The number of hydrogen-bond acceptors (Lipinski definition) is 4. The van der Waals surface area contributed by atoms with E-state index in [9.17, 15) is 4.79 Å². The lowest BCUT2D eigenvalue weighted by atomic mass is 10.1. The van der Waals surface area contributed by atoms with Gasteiger partial charge < -0.3 is 20.1 Å². The van der Waals surface area contributed by atoms with Crippen molar-refractivity contribution in [1.29, 1.82) is 0 Å². The fraction of sp³-hybridized carbons (Fsp3) is 0.562. The van der Waals surface area contributed by atoms with E-state index in [1.807, 2.05) is 13.0 Å². The summed E-state index contributed by atoms with van der Waals surface area (Å²) in [6, 6.07) is 5.46. The number of rotatable bonds is 6. The fourth-order valence-electron chi connectivity index (χ4n) is 2.40. The van der Waals surface area contributed by atoms with Crippen LogP contribution in [0.2, 0.25) is 0 Å². The Morgan fingerprint density at radius 1 is 1.32 bits per heavy atom. The van der Waals surface area contributed by atoms with E-state index < -0.39 is 0 Å². The van der Waals surface area contributed by atoms with Crippen LogP contribution in [0.1, 0.15) is 37.0 Å². The van der Waals surface area contributed by atoms with Crippen molar-refractivity contribution < 1.29 is 14.3 Å². The minimum Gasteiger partial charge on any atom is -0.490 e. The Kier molecular flexibility index (Phi) is 7.48. The molecular formula is C16H25ClN2O3. The third-order valence-corrected chi connectivity index (χ3v) is 3.46. The van der Waals surface area contributed by atoms with Gasteiger partial charge >= 0.3 is 0 Å². The van der Waals surface area contributed by atoms with Crippen LogP contribution in [-0.2, 0) is 0 Å². The highest BCUT2D eigenvalue weighted by atomic mass is 35.5. The lowest BCUT2D eigenvalue weighted by Crippen LogP contribution is -2.31. The molecule has 0 spiro atoms. The van der Waals surface area contributed by atoms with Gasteiger partial charge in [-0.3, -0.25) is 4.79 Å². The minimum absolute atomic E-state index is 0. The number of hydrogen-bond donors (Lipinski definition) is 1. The van der Waals surface area contributed by atoms with Gasteiger partial charge in [0.1, 0.15) is 0 Å². The molecule has 1 heterocycles. The molecule has 124 valence electrons. The Balaban J connectivity index is 0.00000242. The second-order valence-corrected chi connectivity index (χ2v) is 5.24. The van der Waals surface area contributed by atoms with E-state index in [1.165, 1.54) is 0 Å². The lowest BCUT2D eigenvalue weighted by Gasteiger charge is -2.17. The van der Waals surface area contributed by atoms with E-state index in [2.05, 4.69) is 6.92 Å². The zero-order valence-electron chi connectivity index (χ0n) is 13.2. The van der Waals surface area contributed by atoms with Crippen molar-refractivity contribution in [2.45, 2.75) is 32.7 Å². The zero-order chi connectivity index (χ0) is 15.2. The summed E-state index contributed by atoms with van der Waals surface area (Å²) in [5.41, 5.74) is 6.48. The summed E-state index contributed by atoms with van der Waals surface area (Å²) in [7, 11) is 0. The maximum Gasteiger partial charge on any atom is 0.254 e. The van der Waals surface area contributed by atoms with Crippen LogP contribution in [0.5, 0.6) is 11.5 Å². The Morgan fingerprint density at radius 3 is 2.68 bits per heavy atom. The molecule has 2 rings (SSSR count). The zero-order valence-corrected chi connectivity index (χ0v) is 14.0. The predicted octanol–water partition coefficient (Wildman–Crippen LogP) is 2.47. The number of nitrogens with two attached hydrogens (primary N) is 1. The fourth-order valence-corrected chi connectivity index (χ4v) is 2.40. The molecular weight excluding hydrogens is 304 g/mol. The molecule has 1 aliphatic heterocycles. The summed E-state index contributed by atoms with van der Waals surface area (Å²) in [4.78, 5) is 14.2. The van der Waals surface area contributed by atoms with Gasteiger partial charge in [-0.1, -0.05) is 6.92 Å². The van der Waals surface area contributed by atoms with E-state index in [1.54, 1.807) is 17.0 Å². The van der Waals surface area contributed by atoms with Crippen LogP contribution < -0.4 is 15.2 Å². The van der Waals surface area contributed by atoms with Gasteiger partial charge in [-0.25, -0.2) is 0 Å². The van der Waals surface area contributed by atoms with Gasteiger partial charge in [-0.05, 0) is 38.0 Å². The Morgan fingerprint density at radius 2 is 2.09 bits per heavy atom. The smallest absolute Gasteiger partial charge is 0.254 e. The van der Waals surface area contributed by atoms with Crippen LogP contribution in [0, 0.1) is 0 Å². The number of benzene rings is 1. The molecule has 0 saturated carbocycles. The van der Waals surface area contributed by atoms with Gasteiger partial charge in [0.25, 0.3) is 5.91 Å². The van der Waals surface area contributed by atoms with Crippen LogP contribution in [0.3, 0.4) is 0 Å². The molecule has 0 radical (unpaired) electrons. The quantitative estimate of drug-likeness (QED) is 0.871. The molecule has 0 aliphatic carbocycles. The molecule has 1 aromatic rings. The van der Waals surface area contributed by atoms with E-state index in [0.29, 0.717) is 36.8 Å². The third-order valence-electron chi connectivity index (χ3n) is 3.46. The lowest BCUT2D eigenvalue weighted by molar-refractivity contribution is 0.0790. The number of carbonyl (C=O) groups excluding carboxylic acids is 1. The van der Waals surface area contributed by atoms with Crippen molar-refractivity contribution in [2.75, 3.05) is 26.3 Å². The normalized spacial score (nSPS) is 17.0. The standard InChI is InChI=1S/C16H24N2O3.ClH/c1-3-9-21-14-6-5-12(10-15(14)20-4-2)16(19)18-8-7-13(17)11-18;/h5-6,10,13H,3-4,7-9,11,17H2,1-2H3;1H/t13-;/m1./s1. The highest BCUT2D eigenvalue weighted by Gasteiger charge is 2.25. The van der Waals surface area contributed by atoms with Crippen molar-refractivity contribution in [3.63, 3.8) is 0 Å². The number of amides is 1. The molecule has 2 N–H and O–H groups in total. The summed E-state index contributed by atoms with van der Waals surface area (Å²) in [6.45, 7) is 6.48. The van der Waals surface area contributed by atoms with Gasteiger partial charge in [-0.2, -0.15) is 0 Å². The molecule has 6 heteroatoms. The van der Waals surface area contributed by atoms with Crippen molar-refractivity contribution in [2.24, 2.45) is 5.73 Å². The van der Waals surface area contributed by atoms with E-state index in [0.717, 1.165) is 19.4 Å². The van der Waals surface area contributed by atoms with Gasteiger partial charge in [0.2, 0.25) is 0 Å². The van der Waals surface area contributed by atoms with Gasteiger partial charge in [0, 0.05) is 24.7 Å². The van der Waals surface area contributed by atoms with Crippen LogP contribution in [0.4, 0.5) is 0 Å². The monoisotopic (exact) mass is 328 g/mol. The Hall–Kier alpha value is -1.46. The number of halogens is 1. The molecule has 0 aromatic heterocycles. The van der Waals surface area contributed by atoms with Crippen molar-refractivity contribution in [3.8, 4) is 11.5 Å². The summed E-state index contributed by atoms with van der Waals surface area (Å²) >= 11 is 0.